The van der Waals surface area contributed by atoms with E-state index in [4.69, 9.17) is 5.11 Å². The first-order chi connectivity index (χ1) is 12.3. The fourth-order valence-corrected chi connectivity index (χ4v) is 3.93. The molecule has 2 amide bonds. The highest BCUT2D eigenvalue weighted by Crippen LogP contribution is 2.23. The van der Waals surface area contributed by atoms with Crippen LogP contribution in [0.5, 0.6) is 0 Å². The Morgan fingerprint density at radius 1 is 1.23 bits per heavy atom. The maximum atomic E-state index is 12.3. The Balaban J connectivity index is 1.79. The van der Waals surface area contributed by atoms with Crippen LogP contribution in [-0.2, 0) is 14.4 Å². The Labute approximate surface area is 158 Å². The molecule has 0 aromatic heterocycles. The first kappa shape index (κ1) is 20.3. The molecule has 1 fully saturated rings. The quantitative estimate of drug-likeness (QED) is 0.768. The Bertz CT molecular complexity index is 684. The normalized spacial score (nSPS) is 15.0. The van der Waals surface area contributed by atoms with Gasteiger partial charge >= 0.3 is 5.97 Å². The zero-order chi connectivity index (χ0) is 19.3. The number of rotatable bonds is 6. The number of likely N-dealkylation sites (tertiary alicyclic amines) is 1. The van der Waals surface area contributed by atoms with E-state index in [2.05, 4.69) is 6.07 Å². The van der Waals surface area contributed by atoms with Gasteiger partial charge in [-0.3, -0.25) is 14.4 Å². The van der Waals surface area contributed by atoms with Crippen molar-refractivity contribution in [2.45, 2.75) is 31.6 Å². The number of amides is 2. The van der Waals surface area contributed by atoms with Crippen LogP contribution in [0.2, 0.25) is 0 Å². The van der Waals surface area contributed by atoms with E-state index in [0.717, 1.165) is 10.5 Å². The number of likely N-dealkylation sites (N-methyl/N-ethyl adjacent to an activating group) is 1. The molecule has 0 atom stereocenters. The fourth-order valence-electron chi connectivity index (χ4n) is 2.98. The van der Waals surface area contributed by atoms with E-state index < -0.39 is 5.97 Å². The van der Waals surface area contributed by atoms with Gasteiger partial charge in [0.15, 0.2) is 0 Å². The predicted octanol–water partition coefficient (Wildman–Crippen LogP) is 2.18. The molecule has 0 radical (unpaired) electrons. The van der Waals surface area contributed by atoms with Gasteiger partial charge < -0.3 is 14.9 Å². The van der Waals surface area contributed by atoms with Crippen LogP contribution in [-0.4, -0.2) is 65.1 Å². The Morgan fingerprint density at radius 3 is 2.46 bits per heavy atom. The second-order valence-electron chi connectivity index (χ2n) is 6.80. The number of thioether (sulfide) groups is 1. The Morgan fingerprint density at radius 2 is 1.88 bits per heavy atom. The first-order valence-electron chi connectivity index (χ1n) is 8.72. The summed E-state index contributed by atoms with van der Waals surface area (Å²) in [6, 6.07) is 6.12. The van der Waals surface area contributed by atoms with Crippen molar-refractivity contribution in [2.75, 3.05) is 32.4 Å². The third-order valence-corrected chi connectivity index (χ3v) is 5.84. The molecule has 0 spiro atoms. The van der Waals surface area contributed by atoms with Gasteiger partial charge in [-0.2, -0.15) is 0 Å². The molecule has 1 aliphatic rings. The lowest BCUT2D eigenvalue weighted by Crippen LogP contribution is -2.45. The van der Waals surface area contributed by atoms with E-state index in [9.17, 15) is 14.4 Å². The highest BCUT2D eigenvalue weighted by molar-refractivity contribution is 8.00. The van der Waals surface area contributed by atoms with E-state index >= 15 is 0 Å². The maximum absolute atomic E-state index is 12.3. The molecule has 1 aromatic carbocycles. The molecule has 0 aliphatic carbocycles. The van der Waals surface area contributed by atoms with E-state index in [1.807, 2.05) is 26.0 Å². The number of aryl methyl sites for hydroxylation is 2. The predicted molar refractivity (Wildman–Crippen MR) is 101 cm³/mol. The molecule has 0 saturated carbocycles. The van der Waals surface area contributed by atoms with E-state index in [1.165, 1.54) is 22.2 Å². The average molecular weight is 378 g/mol. The number of piperidine rings is 1. The molecule has 1 saturated heterocycles. The average Bonchev–Trinajstić information content (AvgIpc) is 2.60. The third-order valence-electron chi connectivity index (χ3n) is 4.68. The number of nitrogens with zero attached hydrogens (tertiary/aromatic N) is 2. The molecule has 1 N–H and O–H groups in total. The minimum Gasteiger partial charge on any atom is -0.481 e. The van der Waals surface area contributed by atoms with Gasteiger partial charge in [0, 0.05) is 25.0 Å². The van der Waals surface area contributed by atoms with Crippen molar-refractivity contribution >= 4 is 29.5 Å². The maximum Gasteiger partial charge on any atom is 0.306 e. The molecule has 0 unspecified atom stereocenters. The van der Waals surface area contributed by atoms with Crippen LogP contribution in [0.1, 0.15) is 24.0 Å². The topological polar surface area (TPSA) is 77.9 Å². The molecular formula is C19H26N2O4S. The summed E-state index contributed by atoms with van der Waals surface area (Å²) in [7, 11) is 1.63. The van der Waals surface area contributed by atoms with Crippen LogP contribution in [0.4, 0.5) is 0 Å². The fraction of sp³-hybridized carbons (Fsp3) is 0.526. The number of aliphatic carboxylic acids is 1. The molecule has 1 aromatic rings. The zero-order valence-electron chi connectivity index (χ0n) is 15.5. The summed E-state index contributed by atoms with van der Waals surface area (Å²) in [6.07, 6.45) is 0.947. The summed E-state index contributed by atoms with van der Waals surface area (Å²) in [6.45, 7) is 4.97. The second-order valence-corrected chi connectivity index (χ2v) is 7.82. The summed E-state index contributed by atoms with van der Waals surface area (Å²) in [5, 5.41) is 9.01. The molecular weight excluding hydrogens is 352 g/mol. The van der Waals surface area contributed by atoms with Crippen LogP contribution < -0.4 is 0 Å². The zero-order valence-corrected chi connectivity index (χ0v) is 16.3. The van der Waals surface area contributed by atoms with Crippen molar-refractivity contribution < 1.29 is 19.5 Å². The number of carbonyl (C=O) groups excluding carboxylic acids is 2. The highest BCUT2D eigenvalue weighted by Gasteiger charge is 2.27. The van der Waals surface area contributed by atoms with Gasteiger partial charge in [0.2, 0.25) is 11.8 Å². The molecule has 7 heteroatoms. The van der Waals surface area contributed by atoms with Gasteiger partial charge in [0.05, 0.1) is 18.2 Å². The number of carboxylic acid groups (broad SMARTS) is 1. The molecule has 2 rings (SSSR count). The van der Waals surface area contributed by atoms with Crippen molar-refractivity contribution in [1.29, 1.82) is 0 Å². The number of carboxylic acids is 1. The van der Waals surface area contributed by atoms with Crippen molar-refractivity contribution in [3.63, 3.8) is 0 Å². The molecule has 1 heterocycles. The lowest BCUT2D eigenvalue weighted by Gasteiger charge is -2.31. The van der Waals surface area contributed by atoms with Crippen LogP contribution in [0.3, 0.4) is 0 Å². The lowest BCUT2D eigenvalue weighted by molar-refractivity contribution is -0.146. The van der Waals surface area contributed by atoms with E-state index in [0.29, 0.717) is 25.9 Å². The Kier molecular flexibility index (Phi) is 7.08. The van der Waals surface area contributed by atoms with Gasteiger partial charge in [-0.1, -0.05) is 17.7 Å². The highest BCUT2D eigenvalue weighted by atomic mass is 32.2. The summed E-state index contributed by atoms with van der Waals surface area (Å²) >= 11 is 1.48. The standard InChI is InChI=1S/C19H26N2O4S/c1-13-4-5-16(14(2)10-13)26-12-18(23)20(3)11-17(22)21-8-6-15(7-9-21)19(24)25/h4-5,10,15H,6-9,11-12H2,1-3H3,(H,24,25). The van der Waals surface area contributed by atoms with Crippen LogP contribution in [0.25, 0.3) is 0 Å². The third kappa shape index (κ3) is 5.49. The van der Waals surface area contributed by atoms with Gasteiger partial charge in [0.25, 0.3) is 0 Å². The molecule has 1 aliphatic heterocycles. The van der Waals surface area contributed by atoms with Crippen LogP contribution in [0, 0.1) is 19.8 Å². The summed E-state index contributed by atoms with van der Waals surface area (Å²) < 4.78 is 0. The van der Waals surface area contributed by atoms with Crippen LogP contribution >= 0.6 is 11.8 Å². The summed E-state index contributed by atoms with van der Waals surface area (Å²) in [5.41, 5.74) is 2.33. The number of hydrogen-bond acceptors (Lipinski definition) is 4. The number of benzene rings is 1. The Hall–Kier alpha value is -2.02. The largest absolute Gasteiger partial charge is 0.481 e. The van der Waals surface area contributed by atoms with Crippen molar-refractivity contribution in [3.8, 4) is 0 Å². The van der Waals surface area contributed by atoms with Crippen molar-refractivity contribution in [3.05, 3.63) is 29.3 Å². The SMILES string of the molecule is Cc1ccc(SCC(=O)N(C)CC(=O)N2CCC(C(=O)O)CC2)c(C)c1. The molecule has 26 heavy (non-hydrogen) atoms. The van der Waals surface area contributed by atoms with E-state index in [-0.39, 0.29) is 30.0 Å². The lowest BCUT2D eigenvalue weighted by atomic mass is 9.97. The number of hydrogen-bond donors (Lipinski definition) is 1. The van der Waals surface area contributed by atoms with E-state index in [1.54, 1.807) is 11.9 Å². The van der Waals surface area contributed by atoms with Crippen molar-refractivity contribution in [1.82, 2.24) is 9.80 Å². The monoisotopic (exact) mass is 378 g/mol. The van der Waals surface area contributed by atoms with Crippen molar-refractivity contribution in [2.24, 2.45) is 5.92 Å². The summed E-state index contributed by atoms with van der Waals surface area (Å²) in [5.74, 6) is -1.10. The molecule has 6 nitrogen and oxygen atoms in total. The second kappa shape index (κ2) is 9.07. The molecule has 0 bridgehead atoms. The van der Waals surface area contributed by atoms with Crippen LogP contribution in [0.15, 0.2) is 23.1 Å². The summed E-state index contributed by atoms with van der Waals surface area (Å²) in [4.78, 5) is 39.8. The minimum atomic E-state index is -0.798. The van der Waals surface area contributed by atoms with Gasteiger partial charge in [-0.05, 0) is 38.3 Å². The first-order valence-corrected chi connectivity index (χ1v) is 9.71. The minimum absolute atomic E-state index is 0.0318. The molecule has 142 valence electrons. The van der Waals surface area contributed by atoms with Gasteiger partial charge in [0.1, 0.15) is 0 Å². The number of carbonyl (C=O) groups is 3. The van der Waals surface area contributed by atoms with Gasteiger partial charge in [-0.25, -0.2) is 0 Å². The van der Waals surface area contributed by atoms with Gasteiger partial charge in [-0.15, -0.1) is 11.8 Å². The smallest absolute Gasteiger partial charge is 0.306 e.